The monoisotopic (exact) mass is 300 g/mol. The Morgan fingerprint density at radius 1 is 1.36 bits per heavy atom. The van der Waals surface area contributed by atoms with Crippen molar-refractivity contribution in [3.8, 4) is 0 Å². The molecule has 3 heteroatoms. The molecule has 1 aromatic rings. The Morgan fingerprint density at radius 3 is 2.57 bits per heavy atom. The lowest BCUT2D eigenvalue weighted by atomic mass is 10.2. The molecule has 0 fully saturated rings. The quantitative estimate of drug-likeness (QED) is 0.323. The number of allylic oxidation sites excluding steroid dienone is 2. The van der Waals surface area contributed by atoms with Gasteiger partial charge in [-0.1, -0.05) is 24.3 Å². The van der Waals surface area contributed by atoms with E-state index < -0.39 is 0 Å². The van der Waals surface area contributed by atoms with Crippen molar-refractivity contribution < 1.29 is 32.1 Å². The van der Waals surface area contributed by atoms with Crippen LogP contribution in [0.5, 0.6) is 0 Å². The zero-order chi connectivity index (χ0) is 10.4. The van der Waals surface area contributed by atoms with E-state index in [1.807, 2.05) is 28.7 Å². The van der Waals surface area contributed by atoms with E-state index in [0.29, 0.717) is 5.56 Å². The standard InChI is InChI=1S/C11H9IO2/c1-2-10(12)8-14-11(13)9-6-4-3-5-7-9/h2-8H,1H2/q-1/b10-8-. The second kappa shape index (κ2) is 5.59. The number of carbonyl (C=O) groups is 1. The van der Waals surface area contributed by atoms with Crippen molar-refractivity contribution in [3.63, 3.8) is 0 Å². The van der Waals surface area contributed by atoms with Gasteiger partial charge in [-0.2, -0.15) is 3.58 Å². The van der Waals surface area contributed by atoms with Crippen molar-refractivity contribution in [3.05, 3.63) is 58.4 Å². The van der Waals surface area contributed by atoms with Gasteiger partial charge in [0.2, 0.25) is 0 Å². The number of halogens is 1. The van der Waals surface area contributed by atoms with Crippen molar-refractivity contribution in [2.24, 2.45) is 0 Å². The van der Waals surface area contributed by atoms with E-state index in [-0.39, 0.29) is 5.97 Å². The maximum atomic E-state index is 11.4. The number of hydrogen-bond donors (Lipinski definition) is 0. The summed E-state index contributed by atoms with van der Waals surface area (Å²) in [6.45, 7) is 3.54. The predicted octanol–water partition coefficient (Wildman–Crippen LogP) is -0.576. The molecule has 1 radical (unpaired) electrons. The largest absolute Gasteiger partial charge is 0.755 e. The van der Waals surface area contributed by atoms with Gasteiger partial charge in [0.25, 0.3) is 0 Å². The minimum atomic E-state index is -0.360. The van der Waals surface area contributed by atoms with Gasteiger partial charge in [0.1, 0.15) is 0 Å². The third kappa shape index (κ3) is 3.33. The number of esters is 1. The zero-order valence-electron chi connectivity index (χ0n) is 7.44. The molecule has 0 spiro atoms. The first-order chi connectivity index (χ1) is 6.74. The first kappa shape index (κ1) is 11.0. The summed E-state index contributed by atoms with van der Waals surface area (Å²) in [5.41, 5.74) is 0.539. The lowest BCUT2D eigenvalue weighted by Gasteiger charge is -2.05. The summed E-state index contributed by atoms with van der Waals surface area (Å²) in [5.74, 6) is -0.360. The molecule has 1 aromatic carbocycles. The van der Waals surface area contributed by atoms with Gasteiger partial charge >= 0.3 is 5.97 Å². The van der Waals surface area contributed by atoms with Crippen LogP contribution >= 0.6 is 0 Å². The SMILES string of the molecule is C=C/C([I-])=C/OC(=O)c1ccccc1. The summed E-state index contributed by atoms with van der Waals surface area (Å²) in [6, 6.07) is 8.84. The molecule has 1 rings (SSSR count). The molecule has 0 N–H and O–H groups in total. The van der Waals surface area contributed by atoms with E-state index in [2.05, 4.69) is 6.58 Å². The van der Waals surface area contributed by atoms with Gasteiger partial charge < -0.3 is 27.3 Å². The first-order valence-electron chi connectivity index (χ1n) is 3.98. The summed E-state index contributed by atoms with van der Waals surface area (Å²) >= 11 is 2.02. The van der Waals surface area contributed by atoms with Crippen molar-refractivity contribution in [2.45, 2.75) is 0 Å². The highest BCUT2D eigenvalue weighted by Crippen LogP contribution is 2.01. The second-order valence-corrected chi connectivity index (χ2v) is 3.72. The smallest absolute Gasteiger partial charge is 0.342 e. The zero-order valence-corrected chi connectivity index (χ0v) is 9.60. The van der Waals surface area contributed by atoms with Crippen molar-refractivity contribution in [1.29, 1.82) is 0 Å². The molecule has 0 aliphatic rings. The fourth-order valence-corrected chi connectivity index (χ4v) is 0.927. The van der Waals surface area contributed by atoms with Crippen LogP contribution in [0.3, 0.4) is 0 Å². The van der Waals surface area contributed by atoms with Crippen LogP contribution in [0.4, 0.5) is 0 Å². The molecule has 0 bridgehead atoms. The number of rotatable bonds is 3. The van der Waals surface area contributed by atoms with E-state index >= 15 is 0 Å². The molecule has 0 aliphatic heterocycles. The normalized spacial score (nSPS) is 10.8. The minimum absolute atomic E-state index is 0.360. The molecular weight excluding hydrogens is 291 g/mol. The molecule has 0 saturated carbocycles. The fourth-order valence-electron chi connectivity index (χ4n) is 0.800. The summed E-state index contributed by atoms with van der Waals surface area (Å²) in [5, 5.41) is 0. The average Bonchev–Trinajstić information content (AvgIpc) is 2.26. The number of carbonyl (C=O) groups excluding carboxylic acids is 1. The molecule has 0 unspecified atom stereocenters. The highest BCUT2D eigenvalue weighted by Gasteiger charge is 2.02. The third-order valence-electron chi connectivity index (χ3n) is 1.48. The molecular formula is C11H9IO2-. The number of ether oxygens (including phenoxy) is 1. The average molecular weight is 300 g/mol. The Balaban J connectivity index is 2.65. The minimum Gasteiger partial charge on any atom is -0.755 e. The van der Waals surface area contributed by atoms with E-state index in [4.69, 9.17) is 4.74 Å². The molecule has 0 amide bonds. The fraction of sp³-hybridized carbons (Fsp3) is 0. The molecule has 0 aliphatic carbocycles. The Labute approximate surface area is 96.4 Å². The van der Waals surface area contributed by atoms with Gasteiger partial charge in [0.15, 0.2) is 0 Å². The Morgan fingerprint density at radius 2 is 2.00 bits per heavy atom. The maximum Gasteiger partial charge on any atom is 0.342 e. The van der Waals surface area contributed by atoms with Gasteiger partial charge in [0, 0.05) is 0 Å². The summed E-state index contributed by atoms with van der Waals surface area (Å²) in [7, 11) is 0. The Hall–Kier alpha value is -1.10. The topological polar surface area (TPSA) is 26.3 Å². The molecule has 0 heterocycles. The second-order valence-electron chi connectivity index (χ2n) is 2.48. The predicted molar refractivity (Wildman–Crippen MR) is 50.1 cm³/mol. The van der Waals surface area contributed by atoms with Gasteiger partial charge in [0.05, 0.1) is 11.8 Å². The molecule has 14 heavy (non-hydrogen) atoms. The highest BCUT2D eigenvalue weighted by atomic mass is 127. The van der Waals surface area contributed by atoms with E-state index in [1.54, 1.807) is 30.3 Å². The maximum absolute atomic E-state index is 11.4. The van der Waals surface area contributed by atoms with Crippen LogP contribution in [0.2, 0.25) is 0 Å². The van der Waals surface area contributed by atoms with Gasteiger partial charge in [-0.3, -0.25) is 0 Å². The molecule has 0 saturated heterocycles. The van der Waals surface area contributed by atoms with Crippen molar-refractivity contribution in [2.75, 3.05) is 0 Å². The molecule has 0 atom stereocenters. The number of hydrogen-bond acceptors (Lipinski definition) is 2. The van der Waals surface area contributed by atoms with Crippen molar-refractivity contribution >= 4 is 5.97 Å². The van der Waals surface area contributed by atoms with Crippen LogP contribution in [-0.2, 0) is 4.74 Å². The summed E-state index contributed by atoms with van der Waals surface area (Å²) in [4.78, 5) is 11.4. The molecule has 0 aromatic heterocycles. The third-order valence-corrected chi connectivity index (χ3v) is 2.18. The van der Waals surface area contributed by atoms with E-state index in [0.717, 1.165) is 3.58 Å². The van der Waals surface area contributed by atoms with Crippen LogP contribution in [-0.4, -0.2) is 5.97 Å². The highest BCUT2D eigenvalue weighted by molar-refractivity contribution is 5.89. The van der Waals surface area contributed by atoms with Crippen LogP contribution in [0, 0.1) is 0 Å². The lowest BCUT2D eigenvalue weighted by molar-refractivity contribution is -0.297. The molecule has 2 nitrogen and oxygen atoms in total. The van der Waals surface area contributed by atoms with Gasteiger partial charge in [-0.25, -0.2) is 4.79 Å². The van der Waals surface area contributed by atoms with Crippen LogP contribution in [0.25, 0.3) is 0 Å². The Kier molecular flexibility index (Phi) is 4.39. The van der Waals surface area contributed by atoms with Crippen molar-refractivity contribution in [1.82, 2.24) is 0 Å². The molecule has 73 valence electrons. The van der Waals surface area contributed by atoms with Crippen LogP contribution in [0.1, 0.15) is 10.4 Å². The summed E-state index contributed by atoms with van der Waals surface area (Å²) < 4.78 is 5.69. The van der Waals surface area contributed by atoms with Gasteiger partial charge in [-0.05, 0) is 12.1 Å². The van der Waals surface area contributed by atoms with Crippen LogP contribution in [0.15, 0.2) is 52.8 Å². The van der Waals surface area contributed by atoms with Crippen LogP contribution < -0.4 is 22.6 Å². The van der Waals surface area contributed by atoms with E-state index in [1.165, 1.54) is 6.26 Å². The van der Waals surface area contributed by atoms with Gasteiger partial charge in [-0.15, -0.1) is 6.58 Å². The Bertz CT molecular complexity index is 355. The number of benzene rings is 1. The summed E-state index contributed by atoms with van der Waals surface area (Å²) in [6.07, 6.45) is 2.99. The first-order valence-corrected chi connectivity index (χ1v) is 5.06. The lowest BCUT2D eigenvalue weighted by Crippen LogP contribution is -3.33. The van der Waals surface area contributed by atoms with E-state index in [9.17, 15) is 4.79 Å².